The van der Waals surface area contributed by atoms with E-state index in [2.05, 4.69) is 0 Å². The highest BCUT2D eigenvalue weighted by molar-refractivity contribution is 5.85. The summed E-state index contributed by atoms with van der Waals surface area (Å²) in [6, 6.07) is 6.93. The molecule has 114 valence electrons. The van der Waals surface area contributed by atoms with Crippen molar-refractivity contribution in [3.63, 3.8) is 0 Å². The molecular weight excluding hydrogens is 297 g/mol. The molecule has 20 heavy (non-hydrogen) atoms. The first-order valence-corrected chi connectivity index (χ1v) is 5.65. The number of anilines is 1. The van der Waals surface area contributed by atoms with E-state index in [1.165, 1.54) is 0 Å². The zero-order chi connectivity index (χ0) is 14.5. The molecule has 0 saturated heterocycles. The van der Waals surface area contributed by atoms with E-state index in [1.807, 2.05) is 5.32 Å². The second kappa shape index (κ2) is 7.96. The molecule has 8 heteroatoms. The predicted molar refractivity (Wildman–Crippen MR) is 71.5 cm³/mol. The number of halogens is 4. The molecule has 0 aliphatic heterocycles. The Labute approximate surface area is 120 Å². The molecule has 0 bridgehead atoms. The topological polar surface area (TPSA) is 75.4 Å². The molecule has 1 aromatic rings. The highest BCUT2D eigenvalue weighted by Crippen LogP contribution is 2.19. The molecule has 0 fully saturated rings. The van der Waals surface area contributed by atoms with Gasteiger partial charge in [-0.15, -0.1) is 12.4 Å². The van der Waals surface area contributed by atoms with Crippen LogP contribution in [0, 0.1) is 0 Å². The van der Waals surface area contributed by atoms with Crippen molar-refractivity contribution in [3.05, 3.63) is 29.8 Å². The standard InChI is InChI=1S/C12H15F3N2O2.ClH/c13-12(14,15)10(18)7-17-11(19)6-5-8-3-1-2-4-9(8)16;/h1-4,10,18H,5-7,16H2,(H,17,19);1H. The molecule has 0 aromatic heterocycles. The Morgan fingerprint density at radius 3 is 2.50 bits per heavy atom. The molecule has 1 rings (SSSR count). The molecule has 4 N–H and O–H groups in total. The van der Waals surface area contributed by atoms with Gasteiger partial charge in [0, 0.05) is 12.1 Å². The highest BCUT2D eigenvalue weighted by atomic mass is 35.5. The molecule has 4 nitrogen and oxygen atoms in total. The lowest BCUT2D eigenvalue weighted by Crippen LogP contribution is -2.40. The van der Waals surface area contributed by atoms with Gasteiger partial charge >= 0.3 is 6.18 Å². The number of para-hydroxylation sites is 1. The van der Waals surface area contributed by atoms with Gasteiger partial charge in [0.05, 0.1) is 6.54 Å². The molecule has 0 radical (unpaired) electrons. The van der Waals surface area contributed by atoms with Gasteiger partial charge in [-0.3, -0.25) is 4.79 Å². The van der Waals surface area contributed by atoms with Gasteiger partial charge in [-0.1, -0.05) is 18.2 Å². The smallest absolute Gasteiger partial charge is 0.399 e. The number of nitrogens with one attached hydrogen (secondary N) is 1. The van der Waals surface area contributed by atoms with Crippen LogP contribution in [-0.2, 0) is 11.2 Å². The minimum absolute atomic E-state index is 0. The minimum atomic E-state index is -4.73. The average Bonchev–Trinajstić information content (AvgIpc) is 2.33. The van der Waals surface area contributed by atoms with Crippen LogP contribution in [0.3, 0.4) is 0 Å². The largest absolute Gasteiger partial charge is 0.416 e. The number of nitrogens with two attached hydrogens (primary N) is 1. The van der Waals surface area contributed by atoms with E-state index in [0.717, 1.165) is 5.56 Å². The van der Waals surface area contributed by atoms with Crippen molar-refractivity contribution in [2.24, 2.45) is 0 Å². The van der Waals surface area contributed by atoms with Gasteiger partial charge < -0.3 is 16.2 Å². The van der Waals surface area contributed by atoms with Crippen LogP contribution in [0.2, 0.25) is 0 Å². The van der Waals surface area contributed by atoms with Gasteiger partial charge in [0.1, 0.15) is 0 Å². The summed E-state index contributed by atoms with van der Waals surface area (Å²) in [4.78, 5) is 11.3. The van der Waals surface area contributed by atoms with Crippen molar-refractivity contribution < 1.29 is 23.1 Å². The summed E-state index contributed by atoms with van der Waals surface area (Å²) in [7, 11) is 0. The van der Waals surface area contributed by atoms with Crippen molar-refractivity contribution in [3.8, 4) is 0 Å². The maximum Gasteiger partial charge on any atom is 0.416 e. The molecule has 0 spiro atoms. The summed E-state index contributed by atoms with van der Waals surface area (Å²) in [5.74, 6) is -0.563. The third-order valence-corrected chi connectivity index (χ3v) is 2.55. The number of carbonyl (C=O) groups excluding carboxylic acids is 1. The first kappa shape index (κ1) is 18.5. The van der Waals surface area contributed by atoms with Gasteiger partial charge in [0.2, 0.25) is 5.91 Å². The summed E-state index contributed by atoms with van der Waals surface area (Å²) in [5.41, 5.74) is 6.96. The van der Waals surface area contributed by atoms with E-state index < -0.39 is 24.7 Å². The van der Waals surface area contributed by atoms with E-state index in [0.29, 0.717) is 12.1 Å². The molecule has 1 aromatic carbocycles. The SMILES string of the molecule is Cl.Nc1ccccc1CCC(=O)NCC(O)C(F)(F)F. The predicted octanol–water partition coefficient (Wildman–Crippen LogP) is 1.66. The first-order chi connectivity index (χ1) is 8.80. The molecule has 1 amide bonds. The summed E-state index contributed by atoms with van der Waals surface area (Å²) in [6.45, 7) is -0.841. The first-order valence-electron chi connectivity index (χ1n) is 5.65. The Morgan fingerprint density at radius 1 is 1.35 bits per heavy atom. The van der Waals surface area contributed by atoms with E-state index in [9.17, 15) is 18.0 Å². The summed E-state index contributed by atoms with van der Waals surface area (Å²) >= 11 is 0. The molecule has 0 heterocycles. The second-order valence-electron chi connectivity index (χ2n) is 4.06. The average molecular weight is 313 g/mol. The van der Waals surface area contributed by atoms with Crippen LogP contribution in [0.25, 0.3) is 0 Å². The van der Waals surface area contributed by atoms with Gasteiger partial charge in [-0.25, -0.2) is 0 Å². The fraction of sp³-hybridized carbons (Fsp3) is 0.417. The van der Waals surface area contributed by atoms with Crippen molar-refractivity contribution in [1.29, 1.82) is 0 Å². The second-order valence-corrected chi connectivity index (χ2v) is 4.06. The third kappa shape index (κ3) is 6.12. The van der Waals surface area contributed by atoms with E-state index >= 15 is 0 Å². The molecular formula is C12H16ClF3N2O2. The van der Waals surface area contributed by atoms with E-state index in [4.69, 9.17) is 10.8 Å². The lowest BCUT2D eigenvalue weighted by atomic mass is 10.1. The lowest BCUT2D eigenvalue weighted by Gasteiger charge is -2.15. The number of alkyl halides is 3. The van der Waals surface area contributed by atoms with E-state index in [-0.39, 0.29) is 18.8 Å². The minimum Gasteiger partial charge on any atom is -0.399 e. The zero-order valence-electron chi connectivity index (χ0n) is 10.5. The van der Waals surface area contributed by atoms with Crippen LogP contribution in [0.15, 0.2) is 24.3 Å². The molecule has 0 saturated carbocycles. The highest BCUT2D eigenvalue weighted by Gasteiger charge is 2.38. The molecule has 1 atom stereocenters. The third-order valence-electron chi connectivity index (χ3n) is 2.55. The maximum atomic E-state index is 12.0. The molecule has 0 aliphatic rings. The Kier molecular flexibility index (Phi) is 7.38. The number of aryl methyl sites for hydroxylation is 1. The van der Waals surface area contributed by atoms with Crippen molar-refractivity contribution in [2.75, 3.05) is 12.3 Å². The van der Waals surface area contributed by atoms with Gasteiger partial charge in [-0.05, 0) is 18.1 Å². The van der Waals surface area contributed by atoms with Crippen LogP contribution >= 0.6 is 12.4 Å². The van der Waals surface area contributed by atoms with Crippen LogP contribution < -0.4 is 11.1 Å². The fourth-order valence-electron chi connectivity index (χ4n) is 1.42. The number of carbonyl (C=O) groups is 1. The lowest BCUT2D eigenvalue weighted by molar-refractivity contribution is -0.201. The van der Waals surface area contributed by atoms with Gasteiger partial charge in [0.25, 0.3) is 0 Å². The number of hydrogen-bond acceptors (Lipinski definition) is 3. The van der Waals surface area contributed by atoms with E-state index in [1.54, 1.807) is 24.3 Å². The Balaban J connectivity index is 0.00000361. The Morgan fingerprint density at radius 2 is 1.95 bits per heavy atom. The Bertz CT molecular complexity index is 441. The van der Waals surface area contributed by atoms with Crippen LogP contribution in [-0.4, -0.2) is 29.8 Å². The Hall–Kier alpha value is -1.47. The van der Waals surface area contributed by atoms with Crippen molar-refractivity contribution in [1.82, 2.24) is 5.32 Å². The molecule has 0 aliphatic carbocycles. The van der Waals surface area contributed by atoms with Gasteiger partial charge in [-0.2, -0.15) is 13.2 Å². The number of aliphatic hydroxyl groups excluding tert-OH is 1. The zero-order valence-corrected chi connectivity index (χ0v) is 11.3. The van der Waals surface area contributed by atoms with Crippen molar-refractivity contribution >= 4 is 24.0 Å². The van der Waals surface area contributed by atoms with Gasteiger partial charge in [0.15, 0.2) is 6.10 Å². The fourth-order valence-corrected chi connectivity index (χ4v) is 1.42. The number of benzene rings is 1. The number of hydrogen-bond donors (Lipinski definition) is 3. The summed E-state index contributed by atoms with van der Waals surface area (Å²) < 4.78 is 36.0. The number of nitrogen functional groups attached to an aromatic ring is 1. The quantitative estimate of drug-likeness (QED) is 0.724. The van der Waals surface area contributed by atoms with Crippen LogP contribution in [0.1, 0.15) is 12.0 Å². The number of amides is 1. The monoisotopic (exact) mass is 312 g/mol. The number of rotatable bonds is 5. The van der Waals surface area contributed by atoms with Crippen LogP contribution in [0.4, 0.5) is 18.9 Å². The van der Waals surface area contributed by atoms with Crippen LogP contribution in [0.5, 0.6) is 0 Å². The molecule has 1 unspecified atom stereocenters. The maximum absolute atomic E-state index is 12.0. The summed E-state index contributed by atoms with van der Waals surface area (Å²) in [6.07, 6.45) is -6.92. The van der Waals surface area contributed by atoms with Crippen molar-refractivity contribution in [2.45, 2.75) is 25.1 Å². The summed E-state index contributed by atoms with van der Waals surface area (Å²) in [5, 5.41) is 10.7. The normalized spacial score (nSPS) is 12.4. The number of aliphatic hydroxyl groups is 1.